The van der Waals surface area contributed by atoms with Gasteiger partial charge in [0.25, 0.3) is 0 Å². The second-order valence-electron chi connectivity index (χ2n) is 9.00. The van der Waals surface area contributed by atoms with Gasteiger partial charge in [0.1, 0.15) is 6.61 Å². The van der Waals surface area contributed by atoms with Crippen molar-refractivity contribution in [1.82, 2.24) is 10.2 Å². The van der Waals surface area contributed by atoms with Crippen LogP contribution in [0.5, 0.6) is 0 Å². The fourth-order valence-corrected chi connectivity index (χ4v) is 6.36. The number of fused-ring (bicyclic) bond motifs is 3. The topological polar surface area (TPSA) is 130 Å². The molecule has 2 aliphatic rings. The van der Waals surface area contributed by atoms with Crippen LogP contribution in [-0.4, -0.2) is 73.1 Å². The molecule has 1 heterocycles. The van der Waals surface area contributed by atoms with Gasteiger partial charge in [-0.25, -0.2) is 13.2 Å². The summed E-state index contributed by atoms with van der Waals surface area (Å²) in [6.45, 7) is 1.66. The van der Waals surface area contributed by atoms with Crippen LogP contribution in [0, 0.1) is 0 Å². The minimum atomic E-state index is -3.55. The largest absolute Gasteiger partial charge is 0.481 e. The summed E-state index contributed by atoms with van der Waals surface area (Å²) in [5, 5.41) is 10.5. The van der Waals surface area contributed by atoms with E-state index >= 15 is 0 Å². The van der Waals surface area contributed by atoms with Crippen molar-refractivity contribution in [3.63, 3.8) is 0 Å². The first-order valence-corrected chi connectivity index (χ1v) is 13.2. The van der Waals surface area contributed by atoms with Gasteiger partial charge in [-0.15, -0.1) is 0 Å². The number of alkyl carbamates (subject to hydrolysis) is 1. The smallest absolute Gasteiger partial charge is 0.407 e. The number of sulfone groups is 1. The minimum Gasteiger partial charge on any atom is -0.481 e. The van der Waals surface area contributed by atoms with Gasteiger partial charge in [-0.3, -0.25) is 9.59 Å². The van der Waals surface area contributed by atoms with Gasteiger partial charge in [0.15, 0.2) is 9.84 Å². The number of carbonyl (C=O) groups is 3. The number of carboxylic acid groups (broad SMARTS) is 1. The summed E-state index contributed by atoms with van der Waals surface area (Å²) in [5.41, 5.74) is 4.45. The van der Waals surface area contributed by atoms with Crippen molar-refractivity contribution in [3.05, 3.63) is 59.7 Å². The number of hydrogen-bond acceptors (Lipinski definition) is 6. The number of aliphatic carboxylic acids is 1. The quantitative estimate of drug-likeness (QED) is 0.597. The average Bonchev–Trinajstić information content (AvgIpc) is 3.12. The highest BCUT2D eigenvalue weighted by Gasteiger charge is 2.36. The number of benzene rings is 2. The van der Waals surface area contributed by atoms with Gasteiger partial charge >= 0.3 is 12.1 Å². The third-order valence-electron chi connectivity index (χ3n) is 6.52. The molecule has 1 unspecified atom stereocenters. The van der Waals surface area contributed by atoms with Crippen LogP contribution in [0.3, 0.4) is 0 Å². The molecule has 9 nitrogen and oxygen atoms in total. The van der Waals surface area contributed by atoms with Crippen molar-refractivity contribution < 1.29 is 32.6 Å². The Morgan fingerprint density at radius 2 is 1.69 bits per heavy atom. The molecule has 1 saturated heterocycles. The van der Waals surface area contributed by atoms with Gasteiger partial charge in [-0.1, -0.05) is 48.5 Å². The molecule has 0 spiro atoms. The standard InChI is InChI=1S/C25H28N2O7S/c1-16(12-23(28)27-10-11-35(32,33)17(14-27)13-24(29)30)26-25(31)34-15-22-20-8-4-2-6-18(20)19-7-3-5-9-21(19)22/h2-9,16-17,22H,10-15H2,1H3,(H,26,31)(H,29,30)/t16-,17?/m0/s1. The van der Waals surface area contributed by atoms with E-state index in [1.165, 1.54) is 4.90 Å². The fraction of sp³-hybridized carbons (Fsp3) is 0.400. The summed E-state index contributed by atoms with van der Waals surface area (Å²) in [4.78, 5) is 37.5. The molecule has 2 amide bonds. The van der Waals surface area contributed by atoms with E-state index in [9.17, 15) is 22.8 Å². The first-order chi connectivity index (χ1) is 16.7. The Hall–Kier alpha value is -3.40. The molecule has 1 aliphatic carbocycles. The second-order valence-corrected chi connectivity index (χ2v) is 11.4. The number of ether oxygens (including phenoxy) is 1. The van der Waals surface area contributed by atoms with Crippen molar-refractivity contribution in [2.75, 3.05) is 25.4 Å². The normalized spacial score (nSPS) is 19.3. The Balaban J connectivity index is 1.30. The van der Waals surface area contributed by atoms with Crippen LogP contribution in [0.1, 0.15) is 36.8 Å². The van der Waals surface area contributed by atoms with E-state index < -0.39 is 39.6 Å². The molecule has 0 bridgehead atoms. The highest BCUT2D eigenvalue weighted by Crippen LogP contribution is 2.44. The average molecular weight is 501 g/mol. The van der Waals surface area contributed by atoms with Crippen molar-refractivity contribution in [1.29, 1.82) is 0 Å². The van der Waals surface area contributed by atoms with Crippen molar-refractivity contribution in [3.8, 4) is 11.1 Å². The van der Waals surface area contributed by atoms with Crippen LogP contribution < -0.4 is 5.32 Å². The zero-order valence-electron chi connectivity index (χ0n) is 19.3. The van der Waals surface area contributed by atoms with Gasteiger partial charge in [0, 0.05) is 31.5 Å². The van der Waals surface area contributed by atoms with E-state index in [1.54, 1.807) is 6.92 Å². The minimum absolute atomic E-state index is 0.00888. The molecule has 186 valence electrons. The Morgan fingerprint density at radius 1 is 1.09 bits per heavy atom. The zero-order valence-corrected chi connectivity index (χ0v) is 20.2. The molecule has 35 heavy (non-hydrogen) atoms. The van der Waals surface area contributed by atoms with Gasteiger partial charge < -0.3 is 20.1 Å². The lowest BCUT2D eigenvalue weighted by molar-refractivity contribution is -0.138. The maximum Gasteiger partial charge on any atom is 0.407 e. The SMILES string of the molecule is C[C@@H](CC(=O)N1CCS(=O)(=O)C(CC(=O)O)C1)NC(=O)OCC1c2ccccc2-c2ccccc21. The van der Waals surface area contributed by atoms with E-state index in [-0.39, 0.29) is 43.7 Å². The number of carboxylic acids is 1. The van der Waals surface area contributed by atoms with Gasteiger partial charge in [-0.2, -0.15) is 0 Å². The fourth-order valence-electron chi connectivity index (χ4n) is 4.75. The van der Waals surface area contributed by atoms with E-state index in [1.807, 2.05) is 36.4 Å². The maximum absolute atomic E-state index is 12.7. The molecule has 2 aromatic rings. The monoisotopic (exact) mass is 500 g/mol. The Bertz CT molecular complexity index is 1200. The molecule has 2 atom stereocenters. The maximum atomic E-state index is 12.7. The van der Waals surface area contributed by atoms with Crippen molar-refractivity contribution >= 4 is 27.8 Å². The lowest BCUT2D eigenvalue weighted by atomic mass is 9.98. The number of amides is 2. The molecule has 0 saturated carbocycles. The molecule has 4 rings (SSSR count). The van der Waals surface area contributed by atoms with Crippen LogP contribution in [0.25, 0.3) is 11.1 Å². The Morgan fingerprint density at radius 3 is 2.29 bits per heavy atom. The van der Waals surface area contributed by atoms with Crippen LogP contribution in [-0.2, 0) is 24.2 Å². The first kappa shape index (κ1) is 24.7. The molecule has 10 heteroatoms. The summed E-state index contributed by atoms with van der Waals surface area (Å²) in [5.74, 6) is -1.92. The number of nitrogens with one attached hydrogen (secondary N) is 1. The van der Waals surface area contributed by atoms with Crippen molar-refractivity contribution in [2.45, 2.75) is 37.0 Å². The van der Waals surface area contributed by atoms with Crippen LogP contribution in [0.2, 0.25) is 0 Å². The van der Waals surface area contributed by atoms with E-state index in [0.29, 0.717) is 0 Å². The third-order valence-corrected chi connectivity index (χ3v) is 8.60. The van der Waals surface area contributed by atoms with Crippen molar-refractivity contribution in [2.24, 2.45) is 0 Å². The number of hydrogen-bond donors (Lipinski definition) is 2. The zero-order chi connectivity index (χ0) is 25.2. The Labute approximate surface area is 204 Å². The summed E-state index contributed by atoms with van der Waals surface area (Å²) in [6, 6.07) is 15.5. The number of carbonyl (C=O) groups excluding carboxylic acids is 2. The summed E-state index contributed by atoms with van der Waals surface area (Å²) < 4.78 is 29.7. The summed E-state index contributed by atoms with van der Waals surface area (Å²) in [7, 11) is -3.55. The predicted octanol–water partition coefficient (Wildman–Crippen LogP) is 2.40. The molecule has 0 aromatic heterocycles. The third kappa shape index (κ3) is 5.48. The van der Waals surface area contributed by atoms with Crippen LogP contribution in [0.4, 0.5) is 4.79 Å². The molecule has 1 aliphatic heterocycles. The first-order valence-electron chi connectivity index (χ1n) is 11.5. The highest BCUT2D eigenvalue weighted by molar-refractivity contribution is 7.92. The summed E-state index contributed by atoms with van der Waals surface area (Å²) in [6.07, 6.45) is -1.24. The Kier molecular flexibility index (Phi) is 7.11. The van der Waals surface area contributed by atoms with E-state index in [0.717, 1.165) is 22.3 Å². The molecule has 1 fully saturated rings. The number of rotatable bonds is 7. The molecular weight excluding hydrogens is 472 g/mol. The van der Waals surface area contributed by atoms with Crippen LogP contribution >= 0.6 is 0 Å². The highest BCUT2D eigenvalue weighted by atomic mass is 32.2. The van der Waals surface area contributed by atoms with Gasteiger partial charge in [0.05, 0.1) is 17.4 Å². The second kappa shape index (κ2) is 10.1. The molecule has 2 N–H and O–H groups in total. The van der Waals surface area contributed by atoms with Gasteiger partial charge in [0.2, 0.25) is 5.91 Å². The lowest BCUT2D eigenvalue weighted by Gasteiger charge is -2.32. The lowest BCUT2D eigenvalue weighted by Crippen LogP contribution is -2.51. The number of nitrogens with zero attached hydrogens (tertiary/aromatic N) is 1. The van der Waals surface area contributed by atoms with E-state index in [4.69, 9.17) is 9.84 Å². The van der Waals surface area contributed by atoms with E-state index in [2.05, 4.69) is 17.4 Å². The summed E-state index contributed by atoms with van der Waals surface area (Å²) >= 11 is 0. The molecule has 2 aromatic carbocycles. The van der Waals surface area contributed by atoms with Crippen LogP contribution in [0.15, 0.2) is 48.5 Å². The molecular formula is C25H28N2O7S. The van der Waals surface area contributed by atoms with Gasteiger partial charge in [-0.05, 0) is 29.2 Å². The molecule has 0 radical (unpaired) electrons. The predicted molar refractivity (Wildman–Crippen MR) is 129 cm³/mol.